The number of halogens is 1. The lowest BCUT2D eigenvalue weighted by Crippen LogP contribution is -2.14. The van der Waals surface area contributed by atoms with Gasteiger partial charge in [-0.3, -0.25) is 14.6 Å². The maximum Gasteiger partial charge on any atom is 0.229 e. The lowest BCUT2D eigenvalue weighted by atomic mass is 10.0. The van der Waals surface area contributed by atoms with E-state index < -0.39 is 7.14 Å². The fourth-order valence-electron chi connectivity index (χ4n) is 4.43. The molecule has 2 aromatic carbocycles. The van der Waals surface area contributed by atoms with Crippen LogP contribution in [0.1, 0.15) is 0 Å². The van der Waals surface area contributed by atoms with Gasteiger partial charge in [-0.25, -0.2) is 4.98 Å². The Morgan fingerprint density at radius 3 is 2.48 bits per heavy atom. The van der Waals surface area contributed by atoms with E-state index in [1.807, 2.05) is 62.7 Å². The summed E-state index contributed by atoms with van der Waals surface area (Å²) >= 11 is 3.54. The molecule has 0 radical (unpaired) electrons. The van der Waals surface area contributed by atoms with Gasteiger partial charge in [0.25, 0.3) is 0 Å². The van der Waals surface area contributed by atoms with Crippen molar-refractivity contribution in [1.82, 2.24) is 29.7 Å². The zero-order valence-corrected chi connectivity index (χ0v) is 25.4. The number of rotatable bonds is 8. The van der Waals surface area contributed by atoms with Crippen LogP contribution in [0.5, 0.6) is 5.75 Å². The van der Waals surface area contributed by atoms with Gasteiger partial charge in [0.05, 0.1) is 40.0 Å². The molecular weight excluding hydrogens is 593 g/mol. The summed E-state index contributed by atoms with van der Waals surface area (Å²) in [6.45, 7) is 3.43. The summed E-state index contributed by atoms with van der Waals surface area (Å²) in [5, 5.41) is 11.6. The van der Waals surface area contributed by atoms with Crippen LogP contribution in [-0.2, 0) is 11.6 Å². The van der Waals surface area contributed by atoms with Gasteiger partial charge in [-0.05, 0) is 47.5 Å². The van der Waals surface area contributed by atoms with Gasteiger partial charge >= 0.3 is 0 Å². The third-order valence-electron chi connectivity index (χ3n) is 6.21. The SMILES string of the molecule is COc1cc(N(C)C)c(-c2cnn(C)c2)cc1Nc1ncc(Br)c(Nc2ccc3nccnc3c2P(C)(C)=O)n1. The van der Waals surface area contributed by atoms with Crippen LogP contribution in [0.4, 0.5) is 28.8 Å². The summed E-state index contributed by atoms with van der Waals surface area (Å²) in [5.41, 5.74) is 5.51. The Morgan fingerprint density at radius 2 is 1.80 bits per heavy atom. The van der Waals surface area contributed by atoms with Gasteiger partial charge in [-0.15, -0.1) is 0 Å². The minimum Gasteiger partial charge on any atom is -0.494 e. The van der Waals surface area contributed by atoms with Crippen LogP contribution in [0.2, 0.25) is 0 Å². The van der Waals surface area contributed by atoms with Crippen LogP contribution in [0.15, 0.2) is 59.7 Å². The van der Waals surface area contributed by atoms with Crippen molar-refractivity contribution < 1.29 is 9.30 Å². The second-order valence-electron chi connectivity index (χ2n) is 9.74. The molecule has 0 amide bonds. The first-order chi connectivity index (χ1) is 19.0. The second-order valence-corrected chi connectivity index (χ2v) is 13.7. The summed E-state index contributed by atoms with van der Waals surface area (Å²) in [6.07, 6.45) is 8.65. The Hall–Kier alpha value is -4.02. The maximum absolute atomic E-state index is 13.3. The highest BCUT2D eigenvalue weighted by Crippen LogP contribution is 2.42. The van der Waals surface area contributed by atoms with Crippen LogP contribution in [0, 0.1) is 0 Å². The van der Waals surface area contributed by atoms with Crippen molar-refractivity contribution in [2.75, 3.05) is 50.1 Å². The van der Waals surface area contributed by atoms with E-state index in [4.69, 9.17) is 9.72 Å². The average molecular weight is 622 g/mol. The van der Waals surface area contributed by atoms with E-state index in [9.17, 15) is 4.57 Å². The number of anilines is 5. The van der Waals surface area contributed by atoms with Crippen molar-refractivity contribution in [1.29, 1.82) is 0 Å². The molecule has 3 heterocycles. The maximum atomic E-state index is 13.3. The first-order valence-corrected chi connectivity index (χ1v) is 15.7. The summed E-state index contributed by atoms with van der Waals surface area (Å²) in [5.74, 6) is 1.47. The van der Waals surface area contributed by atoms with Crippen LogP contribution >= 0.6 is 23.1 Å². The van der Waals surface area contributed by atoms with Gasteiger partial charge in [0, 0.05) is 68.8 Å². The van der Waals surface area contributed by atoms with Gasteiger partial charge in [0.15, 0.2) is 0 Å². The zero-order chi connectivity index (χ0) is 28.6. The molecule has 2 N–H and O–H groups in total. The van der Waals surface area contributed by atoms with Gasteiger partial charge in [-0.1, -0.05) is 0 Å². The molecule has 11 nitrogen and oxygen atoms in total. The molecule has 206 valence electrons. The van der Waals surface area contributed by atoms with E-state index >= 15 is 0 Å². The molecule has 5 aromatic rings. The molecule has 0 aliphatic carbocycles. The minimum atomic E-state index is -2.74. The molecule has 13 heteroatoms. The van der Waals surface area contributed by atoms with Crippen molar-refractivity contribution in [3.63, 3.8) is 0 Å². The number of nitrogens with one attached hydrogen (secondary N) is 2. The molecule has 5 rings (SSSR count). The van der Waals surface area contributed by atoms with E-state index in [1.54, 1.807) is 43.7 Å². The molecule has 40 heavy (non-hydrogen) atoms. The first kappa shape index (κ1) is 27.5. The third-order valence-corrected chi connectivity index (χ3v) is 8.32. The van der Waals surface area contributed by atoms with Crippen LogP contribution in [0.3, 0.4) is 0 Å². The fourth-order valence-corrected chi connectivity index (χ4v) is 6.11. The van der Waals surface area contributed by atoms with Gasteiger partial charge in [0.1, 0.15) is 24.2 Å². The lowest BCUT2D eigenvalue weighted by Gasteiger charge is -2.21. The molecule has 0 bridgehead atoms. The standard InChI is InChI=1S/C27H29BrN9O2P/c1-36(2)22-12-23(39-4)21(11-17(22)16-13-32-37(3)15-16)34-27-31-14-18(28)26(35-27)33-20-8-7-19-24(30-10-9-29-19)25(20)40(5,6)38/h7-15H,1-6H3,(H2,31,33,34,35). The predicted molar refractivity (Wildman–Crippen MR) is 164 cm³/mol. The molecule has 0 spiro atoms. The number of aromatic nitrogens is 6. The molecule has 0 fully saturated rings. The topological polar surface area (TPSA) is 123 Å². The van der Waals surface area contributed by atoms with Crippen LogP contribution in [-0.4, -0.2) is 64.3 Å². The zero-order valence-electron chi connectivity index (χ0n) is 23.0. The number of ether oxygens (including phenoxy) is 1. The van der Waals surface area contributed by atoms with Gasteiger partial charge in [-0.2, -0.15) is 10.1 Å². The highest BCUT2D eigenvalue weighted by molar-refractivity contribution is 9.10. The summed E-state index contributed by atoms with van der Waals surface area (Å²) in [4.78, 5) is 20.0. The van der Waals surface area contributed by atoms with Crippen molar-refractivity contribution in [3.8, 4) is 16.9 Å². The lowest BCUT2D eigenvalue weighted by molar-refractivity contribution is 0.417. The highest BCUT2D eigenvalue weighted by Gasteiger charge is 2.23. The number of aryl methyl sites for hydroxylation is 1. The monoisotopic (exact) mass is 621 g/mol. The van der Waals surface area contributed by atoms with Crippen molar-refractivity contribution in [2.45, 2.75) is 0 Å². The van der Waals surface area contributed by atoms with Crippen molar-refractivity contribution >= 4 is 68.2 Å². The second kappa shape index (κ2) is 10.9. The van der Waals surface area contributed by atoms with E-state index in [0.29, 0.717) is 49.7 Å². The Balaban J connectivity index is 1.55. The molecule has 0 unspecified atom stereocenters. The van der Waals surface area contributed by atoms with E-state index in [-0.39, 0.29) is 0 Å². The number of hydrogen-bond acceptors (Lipinski definition) is 10. The molecular formula is C27H29BrN9O2P. The summed E-state index contributed by atoms with van der Waals surface area (Å²) < 4.78 is 21.5. The van der Waals surface area contributed by atoms with E-state index in [0.717, 1.165) is 16.8 Å². The minimum absolute atomic E-state index is 0.344. The number of benzene rings is 2. The van der Waals surface area contributed by atoms with Crippen molar-refractivity contribution in [3.05, 3.63) is 59.7 Å². The Morgan fingerprint density at radius 1 is 1.02 bits per heavy atom. The smallest absolute Gasteiger partial charge is 0.229 e. The molecule has 0 aliphatic rings. The van der Waals surface area contributed by atoms with E-state index in [1.165, 1.54) is 0 Å². The van der Waals surface area contributed by atoms with E-state index in [2.05, 4.69) is 46.6 Å². The number of fused-ring (bicyclic) bond motifs is 1. The Labute approximate surface area is 240 Å². The average Bonchev–Trinajstić information content (AvgIpc) is 3.35. The summed E-state index contributed by atoms with van der Waals surface area (Å²) in [7, 11) is 4.73. The fraction of sp³-hybridized carbons (Fsp3) is 0.222. The van der Waals surface area contributed by atoms with Gasteiger partial charge in [0.2, 0.25) is 5.95 Å². The number of hydrogen-bond donors (Lipinski definition) is 2. The molecule has 0 saturated heterocycles. The normalized spacial score (nSPS) is 11.5. The third kappa shape index (κ3) is 5.50. The molecule has 0 atom stereocenters. The van der Waals surface area contributed by atoms with Gasteiger partial charge < -0.3 is 24.8 Å². The quantitative estimate of drug-likeness (QED) is 0.218. The molecule has 3 aromatic heterocycles. The molecule has 0 saturated carbocycles. The van der Waals surface area contributed by atoms with Crippen molar-refractivity contribution in [2.24, 2.45) is 7.05 Å². The highest BCUT2D eigenvalue weighted by atomic mass is 79.9. The Kier molecular flexibility index (Phi) is 7.48. The predicted octanol–water partition coefficient (Wildman–Crippen LogP) is 5.39. The summed E-state index contributed by atoms with van der Waals surface area (Å²) in [6, 6.07) is 7.64. The largest absolute Gasteiger partial charge is 0.494 e. The van der Waals surface area contributed by atoms with Crippen LogP contribution < -0.4 is 25.6 Å². The first-order valence-electron chi connectivity index (χ1n) is 12.3. The Bertz CT molecular complexity index is 1770. The number of methoxy groups -OCH3 is 1. The molecule has 0 aliphatic heterocycles. The number of nitrogens with zero attached hydrogens (tertiary/aromatic N) is 7. The van der Waals surface area contributed by atoms with Crippen LogP contribution in [0.25, 0.3) is 22.2 Å².